The molecule has 0 aliphatic carbocycles. The molecule has 2 heterocycles. The molecule has 1 aliphatic rings. The predicted molar refractivity (Wildman–Crippen MR) is 146 cm³/mol. The van der Waals surface area contributed by atoms with Crippen LogP contribution in [0.15, 0.2) is 67.8 Å². The largest absolute Gasteiger partial charge is 0.463 e. The van der Waals surface area contributed by atoms with E-state index in [4.69, 9.17) is 15.2 Å². The Labute approximate surface area is 227 Å². The maximum Gasteiger partial charge on any atom is 0.338 e. The number of aromatic nitrogens is 1. The van der Waals surface area contributed by atoms with Gasteiger partial charge in [0.05, 0.1) is 34.8 Å². The lowest BCUT2D eigenvalue weighted by Crippen LogP contribution is -2.42. The van der Waals surface area contributed by atoms with Crippen molar-refractivity contribution in [3.63, 3.8) is 0 Å². The maximum atomic E-state index is 13.6. The molecule has 7 nitrogen and oxygen atoms in total. The molecule has 0 saturated carbocycles. The molecule has 0 bridgehead atoms. The third-order valence-corrected chi connectivity index (χ3v) is 7.56. The molecule has 36 heavy (non-hydrogen) atoms. The maximum absolute atomic E-state index is 13.6. The molecule has 1 unspecified atom stereocenters. The Bertz CT molecular complexity index is 1570. The third-order valence-electron chi connectivity index (χ3n) is 5.47. The van der Waals surface area contributed by atoms with Crippen molar-refractivity contribution in [2.45, 2.75) is 19.8 Å². The van der Waals surface area contributed by atoms with Crippen LogP contribution in [0.3, 0.4) is 0 Å². The van der Waals surface area contributed by atoms with E-state index in [1.807, 2.05) is 30.3 Å². The zero-order valence-electron chi connectivity index (χ0n) is 19.4. The summed E-state index contributed by atoms with van der Waals surface area (Å²) in [6.45, 7) is 3.59. The molecule has 0 amide bonds. The van der Waals surface area contributed by atoms with Crippen LogP contribution in [0.4, 0.5) is 0 Å². The highest BCUT2D eigenvalue weighted by Gasteiger charge is 2.40. The number of carbonyl (C=O) groups is 2. The first-order valence-corrected chi connectivity index (χ1v) is 13.5. The van der Waals surface area contributed by atoms with Gasteiger partial charge in [-0.2, -0.15) is 0 Å². The molecule has 186 valence electrons. The van der Waals surface area contributed by atoms with Crippen molar-refractivity contribution in [2.75, 3.05) is 13.2 Å². The van der Waals surface area contributed by atoms with Crippen molar-refractivity contribution in [3.05, 3.63) is 93.7 Å². The van der Waals surface area contributed by atoms with Crippen LogP contribution in [-0.4, -0.2) is 29.7 Å². The van der Waals surface area contributed by atoms with Gasteiger partial charge in [0, 0.05) is 8.95 Å². The van der Waals surface area contributed by atoms with Gasteiger partial charge in [-0.25, -0.2) is 9.59 Å². The smallest absolute Gasteiger partial charge is 0.338 e. The number of ether oxygens (including phenoxy) is 2. The van der Waals surface area contributed by atoms with E-state index in [2.05, 4.69) is 31.9 Å². The molecule has 2 aromatic carbocycles. The van der Waals surface area contributed by atoms with Gasteiger partial charge in [-0.05, 0) is 55.3 Å². The molecule has 2 N–H and O–H groups in total. The molecule has 0 fully saturated rings. The van der Waals surface area contributed by atoms with Gasteiger partial charge in [0.25, 0.3) is 5.56 Å². The number of halogens is 2. The molecule has 1 aromatic heterocycles. The second kappa shape index (κ2) is 11.0. The highest BCUT2D eigenvalue weighted by molar-refractivity contribution is 9.10. The van der Waals surface area contributed by atoms with E-state index in [0.29, 0.717) is 14.8 Å². The molecule has 1 atom stereocenters. The van der Waals surface area contributed by atoms with Crippen molar-refractivity contribution in [3.8, 4) is 0 Å². The Morgan fingerprint density at radius 2 is 1.61 bits per heavy atom. The fourth-order valence-electron chi connectivity index (χ4n) is 4.03. The summed E-state index contributed by atoms with van der Waals surface area (Å²) >= 11 is 8.02. The number of nitrogens with zero attached hydrogens (tertiary/aromatic N) is 1. The van der Waals surface area contributed by atoms with Crippen molar-refractivity contribution in [1.29, 1.82) is 0 Å². The van der Waals surface area contributed by atoms with E-state index >= 15 is 0 Å². The standard InChI is InChI=1S/C26H22Br2N2O5S/c1-3-34-25(32)20-19(15-8-6-10-17(28)13-15)21(26(33)35-4-2)24-30(22(20)29)23(31)18(36-24)12-14-7-5-9-16(27)11-14/h5-13,19H,3-4,29H2,1-2H3. The number of esters is 2. The molecule has 0 spiro atoms. The van der Waals surface area contributed by atoms with Crippen LogP contribution in [0.5, 0.6) is 0 Å². The first-order valence-electron chi connectivity index (χ1n) is 11.1. The second-order valence-electron chi connectivity index (χ2n) is 7.75. The minimum absolute atomic E-state index is 0.0133. The average molecular weight is 634 g/mol. The van der Waals surface area contributed by atoms with E-state index in [1.165, 1.54) is 4.57 Å². The van der Waals surface area contributed by atoms with Crippen LogP contribution < -0.4 is 20.5 Å². The topological polar surface area (TPSA) is 101 Å². The lowest BCUT2D eigenvalue weighted by atomic mass is 9.83. The van der Waals surface area contributed by atoms with Crippen molar-refractivity contribution >= 4 is 72.6 Å². The molecular formula is C26H22Br2N2O5S. The number of benzene rings is 2. The van der Waals surface area contributed by atoms with Gasteiger partial charge in [-0.3, -0.25) is 9.36 Å². The predicted octanol–water partition coefficient (Wildman–Crippen LogP) is 3.47. The van der Waals surface area contributed by atoms with Crippen LogP contribution >= 0.6 is 43.2 Å². The van der Waals surface area contributed by atoms with Gasteiger partial charge in [0.2, 0.25) is 0 Å². The van der Waals surface area contributed by atoms with E-state index in [0.717, 1.165) is 25.8 Å². The summed E-state index contributed by atoms with van der Waals surface area (Å²) in [5, 5.41) is 0. The Kier molecular flexibility index (Phi) is 7.97. The van der Waals surface area contributed by atoms with Gasteiger partial charge in [-0.1, -0.05) is 56.1 Å². The van der Waals surface area contributed by atoms with E-state index in [1.54, 1.807) is 38.1 Å². The number of fused-ring (bicyclic) bond motifs is 1. The van der Waals surface area contributed by atoms with Gasteiger partial charge in [0.15, 0.2) is 0 Å². The number of hydrogen-bond donors (Lipinski definition) is 1. The first kappa shape index (κ1) is 26.1. The average Bonchev–Trinajstić information content (AvgIpc) is 3.15. The minimum Gasteiger partial charge on any atom is -0.463 e. The number of rotatable bonds is 6. The number of hydrogen-bond acceptors (Lipinski definition) is 7. The van der Waals surface area contributed by atoms with Crippen molar-refractivity contribution < 1.29 is 19.1 Å². The second-order valence-corrected chi connectivity index (χ2v) is 10.6. The van der Waals surface area contributed by atoms with Crippen LogP contribution in [0.1, 0.15) is 30.9 Å². The van der Waals surface area contributed by atoms with Crippen molar-refractivity contribution in [2.24, 2.45) is 5.73 Å². The molecule has 0 radical (unpaired) electrons. The monoisotopic (exact) mass is 632 g/mol. The summed E-state index contributed by atoms with van der Waals surface area (Å²) in [6.07, 6.45) is 1.72. The zero-order chi connectivity index (χ0) is 26.0. The lowest BCUT2D eigenvalue weighted by Gasteiger charge is -2.27. The van der Waals surface area contributed by atoms with Crippen LogP contribution in [-0.2, 0) is 19.1 Å². The Hall–Kier alpha value is -2.95. The van der Waals surface area contributed by atoms with Crippen LogP contribution in [0, 0.1) is 0 Å². The number of carbonyl (C=O) groups excluding carboxylic acids is 2. The van der Waals surface area contributed by atoms with Crippen molar-refractivity contribution in [1.82, 2.24) is 4.57 Å². The summed E-state index contributed by atoms with van der Waals surface area (Å²) in [7, 11) is 0. The van der Waals surface area contributed by atoms with Gasteiger partial charge in [0.1, 0.15) is 10.5 Å². The Balaban J connectivity index is 2.12. The van der Waals surface area contributed by atoms with Gasteiger partial charge in [-0.15, -0.1) is 11.3 Å². The SMILES string of the molecule is CCOC(=O)C1=C(N)n2c(sc(=Cc3cccc(Br)c3)c2=O)=C(C(=O)OCC)C1c1cccc(Br)c1. The normalized spacial score (nSPS) is 15.6. The van der Waals surface area contributed by atoms with E-state index in [9.17, 15) is 14.4 Å². The summed E-state index contributed by atoms with van der Waals surface area (Å²) < 4.78 is 14.2. The van der Waals surface area contributed by atoms with Gasteiger partial charge < -0.3 is 15.2 Å². The molecular weight excluding hydrogens is 612 g/mol. The fraction of sp³-hybridized carbons (Fsp3) is 0.192. The minimum atomic E-state index is -0.891. The molecule has 0 saturated heterocycles. The highest BCUT2D eigenvalue weighted by Crippen LogP contribution is 2.38. The quantitative estimate of drug-likeness (QED) is 0.418. The molecule has 10 heteroatoms. The van der Waals surface area contributed by atoms with E-state index < -0.39 is 23.4 Å². The summed E-state index contributed by atoms with van der Waals surface area (Å²) in [5.41, 5.74) is 7.65. The molecule has 4 rings (SSSR count). The lowest BCUT2D eigenvalue weighted by molar-refractivity contribution is -0.138. The summed E-state index contributed by atoms with van der Waals surface area (Å²) in [5.74, 6) is -2.31. The third kappa shape index (κ3) is 4.98. The number of nitrogens with two attached hydrogens (primary N) is 1. The fourth-order valence-corrected chi connectivity index (χ4v) is 6.03. The highest BCUT2D eigenvalue weighted by atomic mass is 79.9. The zero-order valence-corrected chi connectivity index (χ0v) is 23.4. The first-order chi connectivity index (χ1) is 17.3. The number of thiazole rings is 1. The van der Waals surface area contributed by atoms with Crippen LogP contribution in [0.25, 0.3) is 17.5 Å². The summed E-state index contributed by atoms with van der Waals surface area (Å²) in [4.78, 5) is 40.1. The Morgan fingerprint density at radius 1 is 1.00 bits per heavy atom. The molecule has 1 aliphatic heterocycles. The molecule has 3 aromatic rings. The van der Waals surface area contributed by atoms with E-state index in [-0.39, 0.29) is 30.2 Å². The summed E-state index contributed by atoms with van der Waals surface area (Å²) in [6, 6.07) is 14.7. The van der Waals surface area contributed by atoms with Gasteiger partial charge >= 0.3 is 11.9 Å². The van der Waals surface area contributed by atoms with Crippen LogP contribution in [0.2, 0.25) is 0 Å². The Morgan fingerprint density at radius 3 is 2.22 bits per heavy atom.